The molecule has 0 aliphatic heterocycles. The van der Waals surface area contributed by atoms with E-state index in [9.17, 15) is 13.2 Å². The van der Waals surface area contributed by atoms with Gasteiger partial charge < -0.3 is 5.32 Å². The molecule has 2 aromatic rings. The number of amides is 1. The van der Waals surface area contributed by atoms with Crippen molar-refractivity contribution in [3.05, 3.63) is 64.7 Å². The molecule has 0 fully saturated rings. The van der Waals surface area contributed by atoms with E-state index in [2.05, 4.69) is 5.32 Å². The maximum atomic E-state index is 12.2. The molecule has 0 atom stereocenters. The van der Waals surface area contributed by atoms with Gasteiger partial charge in [-0.15, -0.1) is 0 Å². The van der Waals surface area contributed by atoms with E-state index in [4.69, 9.17) is 0 Å². The summed E-state index contributed by atoms with van der Waals surface area (Å²) >= 11 is 0. The molecule has 0 unspecified atom stereocenters. The summed E-state index contributed by atoms with van der Waals surface area (Å²) in [4.78, 5) is 12.2. The van der Waals surface area contributed by atoms with Gasteiger partial charge in [0, 0.05) is 6.54 Å². The fourth-order valence-electron chi connectivity index (χ4n) is 2.89. The number of hydrogen-bond donors (Lipinski definition) is 1. The number of anilines is 1. The molecule has 140 valence electrons. The van der Waals surface area contributed by atoms with E-state index in [1.807, 2.05) is 57.2 Å². The molecule has 1 amide bonds. The molecule has 26 heavy (non-hydrogen) atoms. The van der Waals surface area contributed by atoms with Crippen molar-refractivity contribution in [2.75, 3.05) is 23.7 Å². The van der Waals surface area contributed by atoms with Crippen molar-refractivity contribution in [1.29, 1.82) is 0 Å². The molecule has 5 nitrogen and oxygen atoms in total. The third-order valence-corrected chi connectivity index (χ3v) is 5.45. The van der Waals surface area contributed by atoms with E-state index in [0.29, 0.717) is 5.69 Å². The highest BCUT2D eigenvalue weighted by Gasteiger charge is 2.19. The second-order valence-corrected chi connectivity index (χ2v) is 8.49. The first kappa shape index (κ1) is 20.0. The molecule has 0 aromatic heterocycles. The van der Waals surface area contributed by atoms with Crippen molar-refractivity contribution in [3.63, 3.8) is 0 Å². The van der Waals surface area contributed by atoms with Crippen LogP contribution in [0.25, 0.3) is 0 Å². The molecule has 0 saturated carbocycles. The van der Waals surface area contributed by atoms with Crippen LogP contribution in [0.3, 0.4) is 0 Å². The Morgan fingerprint density at radius 2 is 1.73 bits per heavy atom. The molecule has 2 rings (SSSR count). The number of rotatable bonds is 7. The number of benzene rings is 2. The lowest BCUT2D eigenvalue weighted by Gasteiger charge is -2.24. The summed E-state index contributed by atoms with van der Waals surface area (Å²) in [7, 11) is -3.43. The number of nitrogens with one attached hydrogen (secondary N) is 1. The molecule has 6 heteroatoms. The van der Waals surface area contributed by atoms with Crippen LogP contribution < -0.4 is 9.62 Å². The van der Waals surface area contributed by atoms with Gasteiger partial charge >= 0.3 is 0 Å². The van der Waals surface area contributed by atoms with Gasteiger partial charge in [-0.1, -0.05) is 42.0 Å². The van der Waals surface area contributed by atoms with E-state index >= 15 is 0 Å². The van der Waals surface area contributed by atoms with Gasteiger partial charge in [0.2, 0.25) is 15.9 Å². The number of hydrogen-bond acceptors (Lipinski definition) is 3. The van der Waals surface area contributed by atoms with E-state index in [0.717, 1.165) is 22.3 Å². The van der Waals surface area contributed by atoms with E-state index in [-0.39, 0.29) is 25.4 Å². The summed E-state index contributed by atoms with van der Waals surface area (Å²) in [5.41, 5.74) is 4.65. The Morgan fingerprint density at radius 1 is 1.04 bits per heavy atom. The Hall–Kier alpha value is -2.34. The highest BCUT2D eigenvalue weighted by atomic mass is 32.2. The standard InChI is InChI=1S/C20H26N2O3S/c1-15-9-10-19(17(3)13-15)22(26(4,24)25)12-11-21-20(23)14-18-8-6-5-7-16(18)2/h5-10,13H,11-12,14H2,1-4H3,(H,21,23). The van der Waals surface area contributed by atoms with Crippen molar-refractivity contribution < 1.29 is 13.2 Å². The fourth-order valence-corrected chi connectivity index (χ4v) is 3.88. The third-order valence-electron chi connectivity index (χ3n) is 4.27. The number of nitrogens with zero attached hydrogens (tertiary/aromatic N) is 1. The van der Waals surface area contributed by atoms with Crippen LogP contribution in [0.5, 0.6) is 0 Å². The smallest absolute Gasteiger partial charge is 0.232 e. The van der Waals surface area contributed by atoms with Crippen LogP contribution in [0.1, 0.15) is 22.3 Å². The monoisotopic (exact) mass is 374 g/mol. The Balaban J connectivity index is 2.02. The molecular formula is C20H26N2O3S. The average molecular weight is 375 g/mol. The predicted octanol–water partition coefficient (Wildman–Crippen LogP) is 2.74. The summed E-state index contributed by atoms with van der Waals surface area (Å²) in [6.07, 6.45) is 1.47. The third kappa shape index (κ3) is 5.33. The maximum absolute atomic E-state index is 12.2. The molecule has 0 bridgehead atoms. The number of carbonyl (C=O) groups excluding carboxylic acids is 1. The van der Waals surface area contributed by atoms with Crippen molar-refractivity contribution in [1.82, 2.24) is 5.32 Å². The zero-order chi connectivity index (χ0) is 19.3. The van der Waals surface area contributed by atoms with Crippen molar-refractivity contribution in [2.45, 2.75) is 27.2 Å². The first-order valence-corrected chi connectivity index (χ1v) is 10.4. The highest BCUT2D eigenvalue weighted by molar-refractivity contribution is 7.92. The summed E-state index contributed by atoms with van der Waals surface area (Å²) < 4.78 is 25.7. The quantitative estimate of drug-likeness (QED) is 0.810. The SMILES string of the molecule is Cc1ccc(N(CCNC(=O)Cc2ccccc2C)S(C)(=O)=O)c(C)c1. The Kier molecular flexibility index (Phi) is 6.42. The molecule has 1 N–H and O–H groups in total. The molecule has 0 heterocycles. The van der Waals surface area contributed by atoms with Crippen LogP contribution in [-0.2, 0) is 21.2 Å². The summed E-state index contributed by atoms with van der Waals surface area (Å²) in [5, 5.41) is 2.82. The first-order valence-electron chi connectivity index (χ1n) is 8.54. The molecule has 0 aliphatic carbocycles. The predicted molar refractivity (Wildman–Crippen MR) is 106 cm³/mol. The topological polar surface area (TPSA) is 66.5 Å². The Labute approximate surface area is 156 Å². The van der Waals surface area contributed by atoms with Gasteiger partial charge in [-0.2, -0.15) is 0 Å². The van der Waals surface area contributed by atoms with Crippen LogP contribution in [0, 0.1) is 20.8 Å². The van der Waals surface area contributed by atoms with Gasteiger partial charge in [0.1, 0.15) is 0 Å². The normalized spacial score (nSPS) is 11.2. The molecule has 0 spiro atoms. The molecule has 0 saturated heterocycles. The molecular weight excluding hydrogens is 348 g/mol. The lowest BCUT2D eigenvalue weighted by atomic mass is 10.1. The van der Waals surface area contributed by atoms with Gasteiger partial charge in [-0.05, 0) is 43.5 Å². The van der Waals surface area contributed by atoms with Crippen molar-refractivity contribution in [2.24, 2.45) is 0 Å². The first-order chi connectivity index (χ1) is 12.2. The fraction of sp³-hybridized carbons (Fsp3) is 0.350. The minimum absolute atomic E-state index is 0.117. The van der Waals surface area contributed by atoms with Gasteiger partial charge in [0.25, 0.3) is 0 Å². The minimum atomic E-state index is -3.43. The Bertz CT molecular complexity index is 892. The maximum Gasteiger partial charge on any atom is 0.232 e. The number of aryl methyl sites for hydroxylation is 3. The molecule has 0 aliphatic rings. The Morgan fingerprint density at radius 3 is 2.35 bits per heavy atom. The van der Waals surface area contributed by atoms with E-state index < -0.39 is 10.0 Å². The molecule has 2 aromatic carbocycles. The van der Waals surface area contributed by atoms with E-state index in [1.165, 1.54) is 10.6 Å². The summed E-state index contributed by atoms with van der Waals surface area (Å²) in [6.45, 7) is 6.27. The van der Waals surface area contributed by atoms with Crippen molar-refractivity contribution >= 4 is 21.6 Å². The van der Waals surface area contributed by atoms with Gasteiger partial charge in [0.15, 0.2) is 0 Å². The molecule has 0 radical (unpaired) electrons. The zero-order valence-electron chi connectivity index (χ0n) is 15.7. The van der Waals surface area contributed by atoms with Gasteiger partial charge in [-0.3, -0.25) is 9.10 Å². The highest BCUT2D eigenvalue weighted by Crippen LogP contribution is 2.23. The number of carbonyl (C=O) groups is 1. The second kappa shape index (κ2) is 8.36. The van der Waals surface area contributed by atoms with Crippen LogP contribution in [0.15, 0.2) is 42.5 Å². The summed E-state index contributed by atoms with van der Waals surface area (Å²) in [6, 6.07) is 13.4. The largest absolute Gasteiger partial charge is 0.354 e. The van der Waals surface area contributed by atoms with Gasteiger partial charge in [-0.25, -0.2) is 8.42 Å². The lowest BCUT2D eigenvalue weighted by molar-refractivity contribution is -0.120. The van der Waals surface area contributed by atoms with Crippen LogP contribution in [0.4, 0.5) is 5.69 Å². The van der Waals surface area contributed by atoms with Crippen molar-refractivity contribution in [3.8, 4) is 0 Å². The minimum Gasteiger partial charge on any atom is -0.354 e. The second-order valence-electron chi connectivity index (χ2n) is 6.58. The summed E-state index contributed by atoms with van der Waals surface area (Å²) in [5.74, 6) is -0.117. The van der Waals surface area contributed by atoms with E-state index in [1.54, 1.807) is 6.07 Å². The van der Waals surface area contributed by atoms with Crippen LogP contribution in [-0.4, -0.2) is 33.7 Å². The lowest BCUT2D eigenvalue weighted by Crippen LogP contribution is -2.39. The van der Waals surface area contributed by atoms with Gasteiger partial charge in [0.05, 0.1) is 24.9 Å². The zero-order valence-corrected chi connectivity index (χ0v) is 16.6. The van der Waals surface area contributed by atoms with Crippen LogP contribution in [0.2, 0.25) is 0 Å². The van der Waals surface area contributed by atoms with Crippen LogP contribution >= 0.6 is 0 Å². The average Bonchev–Trinajstić information content (AvgIpc) is 2.54. The number of sulfonamides is 1.